The number of hydrogen-bond acceptors (Lipinski definition) is 4. The Morgan fingerprint density at radius 2 is 2.00 bits per heavy atom. The van der Waals surface area contributed by atoms with Gasteiger partial charge in [-0.3, -0.25) is 9.78 Å². The van der Waals surface area contributed by atoms with Gasteiger partial charge in [0.15, 0.2) is 17.8 Å². The lowest BCUT2D eigenvalue weighted by Gasteiger charge is -2.15. The van der Waals surface area contributed by atoms with Gasteiger partial charge < -0.3 is 9.47 Å². The number of hydrogen-bond donors (Lipinski definition) is 0. The van der Waals surface area contributed by atoms with Crippen LogP contribution < -0.4 is 9.47 Å². The Morgan fingerprint density at radius 1 is 1.38 bits per heavy atom. The molecule has 0 aliphatic rings. The number of rotatable bonds is 3. The Morgan fingerprint density at radius 3 is 2.44 bits per heavy atom. The van der Waals surface area contributed by atoms with Crippen molar-refractivity contribution in [3.63, 3.8) is 0 Å². The number of halogens is 3. The molecule has 7 heteroatoms. The van der Waals surface area contributed by atoms with Gasteiger partial charge in [-0.05, 0) is 6.92 Å². The fourth-order valence-corrected chi connectivity index (χ4v) is 1.12. The number of ether oxygens (including phenoxy) is 2. The van der Waals surface area contributed by atoms with Crippen LogP contribution in [0.4, 0.5) is 13.2 Å². The second-order valence-electron chi connectivity index (χ2n) is 2.83. The number of carbonyl (C=O) groups excluding carboxylic acids is 1. The summed E-state index contributed by atoms with van der Waals surface area (Å²) in [5.41, 5.74) is -0.118. The molecule has 0 radical (unpaired) electrons. The fraction of sp³-hybridized carbons (Fsp3) is 0.333. The molecule has 88 valence electrons. The number of nitrogens with zero attached hydrogens (tertiary/aromatic N) is 1. The van der Waals surface area contributed by atoms with E-state index in [0.717, 1.165) is 6.20 Å². The van der Waals surface area contributed by atoms with E-state index in [-0.39, 0.29) is 23.3 Å². The molecule has 0 spiro atoms. The quantitative estimate of drug-likeness (QED) is 0.753. The number of pyridine rings is 1. The zero-order chi connectivity index (χ0) is 12.3. The van der Waals surface area contributed by atoms with Crippen molar-refractivity contribution in [2.45, 2.75) is 13.3 Å². The van der Waals surface area contributed by atoms with Crippen LogP contribution in [0.25, 0.3) is 0 Å². The van der Waals surface area contributed by atoms with Crippen molar-refractivity contribution in [2.75, 3.05) is 7.11 Å². The molecule has 0 saturated carbocycles. The molecule has 0 fully saturated rings. The highest BCUT2D eigenvalue weighted by Gasteiger charge is 2.34. The van der Waals surface area contributed by atoms with Gasteiger partial charge in [0.2, 0.25) is 0 Å². The zero-order valence-electron chi connectivity index (χ0n) is 8.46. The van der Waals surface area contributed by atoms with E-state index >= 15 is 0 Å². The van der Waals surface area contributed by atoms with E-state index in [1.807, 2.05) is 0 Å². The normalized spacial score (nSPS) is 11.1. The highest BCUT2D eigenvalue weighted by molar-refractivity contribution is 5.80. The second-order valence-corrected chi connectivity index (χ2v) is 2.83. The van der Waals surface area contributed by atoms with Gasteiger partial charge >= 0.3 is 6.36 Å². The molecule has 0 saturated heterocycles. The highest BCUT2D eigenvalue weighted by atomic mass is 19.4. The zero-order valence-corrected chi connectivity index (χ0v) is 8.46. The van der Waals surface area contributed by atoms with Gasteiger partial charge in [0.25, 0.3) is 0 Å². The fourth-order valence-electron chi connectivity index (χ4n) is 1.12. The molecule has 0 N–H and O–H groups in total. The van der Waals surface area contributed by atoms with E-state index < -0.39 is 12.1 Å². The van der Waals surface area contributed by atoms with Crippen LogP contribution >= 0.6 is 0 Å². The first-order valence-corrected chi connectivity index (χ1v) is 4.13. The van der Waals surface area contributed by atoms with Crippen LogP contribution in [0.5, 0.6) is 11.5 Å². The summed E-state index contributed by atoms with van der Waals surface area (Å²) >= 11 is 0. The maximum atomic E-state index is 12.1. The minimum absolute atomic E-state index is 0.201. The number of methoxy groups -OCH3 is 1. The lowest BCUT2D eigenvalue weighted by molar-refractivity contribution is -0.275. The topological polar surface area (TPSA) is 48.4 Å². The van der Waals surface area contributed by atoms with Crippen molar-refractivity contribution in [3.05, 3.63) is 17.5 Å². The van der Waals surface area contributed by atoms with Crippen LogP contribution in [0, 0.1) is 6.92 Å². The van der Waals surface area contributed by atoms with Gasteiger partial charge in [0, 0.05) is 6.20 Å². The van der Waals surface area contributed by atoms with Crippen molar-refractivity contribution in [1.82, 2.24) is 4.98 Å². The molecule has 0 unspecified atom stereocenters. The van der Waals surface area contributed by atoms with Gasteiger partial charge in [-0.15, -0.1) is 13.2 Å². The largest absolute Gasteiger partial charge is 0.573 e. The summed E-state index contributed by atoms with van der Waals surface area (Å²) in [7, 11) is 1.17. The average molecular weight is 235 g/mol. The van der Waals surface area contributed by atoms with E-state index in [1.54, 1.807) is 0 Å². The molecule has 0 aliphatic heterocycles. The summed E-state index contributed by atoms with van der Waals surface area (Å²) in [5, 5.41) is 0. The van der Waals surface area contributed by atoms with E-state index in [2.05, 4.69) is 9.72 Å². The van der Waals surface area contributed by atoms with E-state index in [1.165, 1.54) is 14.0 Å². The van der Waals surface area contributed by atoms with Crippen LogP contribution in [0.2, 0.25) is 0 Å². The Kier molecular flexibility index (Phi) is 3.36. The number of aromatic nitrogens is 1. The maximum Gasteiger partial charge on any atom is 0.573 e. The van der Waals surface area contributed by atoms with E-state index in [0.29, 0.717) is 0 Å². The summed E-state index contributed by atoms with van der Waals surface area (Å²) in [4.78, 5) is 14.3. The third-order valence-electron chi connectivity index (χ3n) is 1.74. The Bertz CT molecular complexity index is 404. The van der Waals surface area contributed by atoms with Gasteiger partial charge in [-0.25, -0.2) is 0 Å². The molecule has 0 aliphatic carbocycles. The van der Waals surface area contributed by atoms with Crippen LogP contribution in [-0.4, -0.2) is 24.7 Å². The predicted octanol–water partition coefficient (Wildman–Crippen LogP) is 2.11. The Balaban J connectivity index is 3.31. The third kappa shape index (κ3) is 2.62. The van der Waals surface area contributed by atoms with Crippen LogP contribution in [0.15, 0.2) is 6.20 Å². The van der Waals surface area contributed by atoms with Crippen LogP contribution in [0.3, 0.4) is 0 Å². The minimum Gasteiger partial charge on any atom is -0.491 e. The maximum absolute atomic E-state index is 12.1. The standard InChI is InChI=1S/C9H8F3NO3/c1-5-7(15-2)8(16-9(10,11)12)6(4-14)3-13-5/h3-4H,1-2H3. The smallest absolute Gasteiger partial charge is 0.491 e. The molecule has 0 bridgehead atoms. The molecular weight excluding hydrogens is 227 g/mol. The van der Waals surface area contributed by atoms with Crippen LogP contribution in [0.1, 0.15) is 16.1 Å². The predicted molar refractivity (Wildman–Crippen MR) is 47.6 cm³/mol. The highest BCUT2D eigenvalue weighted by Crippen LogP contribution is 2.36. The number of carbonyl (C=O) groups is 1. The molecule has 1 aromatic rings. The molecule has 0 atom stereocenters. The van der Waals surface area contributed by atoms with E-state index in [9.17, 15) is 18.0 Å². The first kappa shape index (κ1) is 12.3. The first-order chi connectivity index (χ1) is 7.39. The molecule has 1 aromatic heterocycles. The average Bonchev–Trinajstić information content (AvgIpc) is 2.16. The van der Waals surface area contributed by atoms with Gasteiger partial charge in [0.1, 0.15) is 0 Å². The molecular formula is C9H8F3NO3. The lowest BCUT2D eigenvalue weighted by Crippen LogP contribution is -2.19. The first-order valence-electron chi connectivity index (χ1n) is 4.13. The molecule has 16 heavy (non-hydrogen) atoms. The summed E-state index contributed by atoms with van der Waals surface area (Å²) in [6.07, 6.45) is -3.68. The Labute approximate surface area is 89.0 Å². The molecule has 1 rings (SSSR count). The molecule has 0 aromatic carbocycles. The van der Waals surface area contributed by atoms with Gasteiger partial charge in [-0.1, -0.05) is 0 Å². The van der Waals surface area contributed by atoms with Crippen molar-refractivity contribution >= 4 is 6.29 Å². The number of aryl methyl sites for hydroxylation is 1. The van der Waals surface area contributed by atoms with Crippen molar-refractivity contribution in [2.24, 2.45) is 0 Å². The minimum atomic E-state index is -4.89. The van der Waals surface area contributed by atoms with Gasteiger partial charge in [0.05, 0.1) is 18.4 Å². The second kappa shape index (κ2) is 4.38. The van der Waals surface area contributed by atoms with E-state index in [4.69, 9.17) is 4.74 Å². The number of aldehydes is 1. The Hall–Kier alpha value is -1.79. The summed E-state index contributed by atoms with van der Waals surface area (Å²) < 4.78 is 44.7. The summed E-state index contributed by atoms with van der Waals surface area (Å²) in [5.74, 6) is -0.876. The summed E-state index contributed by atoms with van der Waals surface area (Å²) in [6, 6.07) is 0. The van der Waals surface area contributed by atoms with Crippen molar-refractivity contribution in [3.8, 4) is 11.5 Å². The summed E-state index contributed by atoms with van der Waals surface area (Å²) in [6.45, 7) is 1.44. The molecule has 1 heterocycles. The number of alkyl halides is 3. The third-order valence-corrected chi connectivity index (χ3v) is 1.74. The van der Waals surface area contributed by atoms with Gasteiger partial charge in [-0.2, -0.15) is 0 Å². The molecule has 0 amide bonds. The van der Waals surface area contributed by atoms with Crippen molar-refractivity contribution in [1.29, 1.82) is 0 Å². The SMILES string of the molecule is COc1c(C)ncc(C=O)c1OC(F)(F)F. The molecule has 4 nitrogen and oxygen atoms in total. The monoisotopic (exact) mass is 235 g/mol. The van der Waals surface area contributed by atoms with Crippen molar-refractivity contribution < 1.29 is 27.4 Å². The lowest BCUT2D eigenvalue weighted by atomic mass is 10.2. The van der Waals surface area contributed by atoms with Crippen LogP contribution in [-0.2, 0) is 0 Å².